The van der Waals surface area contributed by atoms with Crippen molar-refractivity contribution >= 4 is 14.1 Å². The van der Waals surface area contributed by atoms with E-state index in [0.29, 0.717) is 11.8 Å². The Bertz CT molecular complexity index is 237. The van der Waals surface area contributed by atoms with E-state index in [0.717, 1.165) is 5.56 Å². The topological polar surface area (TPSA) is 43.1 Å². The summed E-state index contributed by atoms with van der Waals surface area (Å²) < 4.78 is 10.2. The molecule has 1 aromatic rings. The van der Waals surface area contributed by atoms with Gasteiger partial charge in [0.25, 0.3) is 0 Å². The van der Waals surface area contributed by atoms with Crippen molar-refractivity contribution < 1.29 is 4.57 Å². The maximum atomic E-state index is 10.2. The Morgan fingerprint density at radius 3 is 2.70 bits per heavy atom. The summed E-state index contributed by atoms with van der Waals surface area (Å²) in [6.07, 6.45) is 0.507. The Morgan fingerprint density at radius 2 is 2.10 bits per heavy atom. The van der Waals surface area contributed by atoms with Crippen LogP contribution in [0.25, 0.3) is 0 Å². The lowest BCUT2D eigenvalue weighted by atomic mass is 10.2. The molecule has 0 saturated carbocycles. The van der Waals surface area contributed by atoms with E-state index in [1.54, 1.807) is 6.07 Å². The van der Waals surface area contributed by atoms with E-state index >= 15 is 0 Å². The van der Waals surface area contributed by atoms with Gasteiger partial charge in [-0.15, -0.1) is 0 Å². The van der Waals surface area contributed by atoms with Gasteiger partial charge in [0.15, 0.2) is 8.46 Å². The van der Waals surface area contributed by atoms with E-state index in [1.807, 2.05) is 18.2 Å². The smallest absolute Gasteiger partial charge is 0.160 e. The molecule has 2 N–H and O–H groups in total. The van der Waals surface area contributed by atoms with E-state index in [9.17, 15) is 4.57 Å². The van der Waals surface area contributed by atoms with Crippen LogP contribution in [-0.2, 0) is 10.7 Å². The van der Waals surface area contributed by atoms with Crippen molar-refractivity contribution in [2.75, 3.05) is 5.73 Å². The zero-order valence-electron chi connectivity index (χ0n) is 5.45. The highest BCUT2D eigenvalue weighted by molar-refractivity contribution is 7.22. The minimum absolute atomic E-state index is 0.120. The Hall–Kier alpha value is -0.880. The highest BCUT2D eigenvalue weighted by Crippen LogP contribution is 2.15. The van der Waals surface area contributed by atoms with Crippen LogP contribution in [0.3, 0.4) is 0 Å². The molecule has 2 nitrogen and oxygen atoms in total. The summed E-state index contributed by atoms with van der Waals surface area (Å²) in [5.74, 6) is 0. The van der Waals surface area contributed by atoms with Gasteiger partial charge in [0, 0.05) is 5.69 Å². The third-order valence-electron chi connectivity index (χ3n) is 1.29. The maximum absolute atomic E-state index is 10.2. The zero-order chi connectivity index (χ0) is 7.40. The third kappa shape index (κ3) is 1.55. The highest BCUT2D eigenvalue weighted by atomic mass is 31.1. The average molecular weight is 153 g/mol. The number of anilines is 1. The predicted octanol–water partition coefficient (Wildman–Crippen LogP) is 2.06. The van der Waals surface area contributed by atoms with Gasteiger partial charge in [-0.1, -0.05) is 18.2 Å². The molecule has 3 heteroatoms. The molecule has 1 aromatic carbocycles. The lowest BCUT2D eigenvalue weighted by Crippen LogP contribution is -1.89. The predicted molar refractivity (Wildman–Crippen MR) is 42.2 cm³/mol. The van der Waals surface area contributed by atoms with Crippen LogP contribution < -0.4 is 5.73 Å². The zero-order valence-corrected chi connectivity index (χ0v) is 6.34. The Morgan fingerprint density at radius 1 is 1.40 bits per heavy atom. The molecule has 0 atom stereocenters. The van der Waals surface area contributed by atoms with Crippen molar-refractivity contribution in [3.05, 3.63) is 29.8 Å². The van der Waals surface area contributed by atoms with Gasteiger partial charge in [-0.2, -0.15) is 0 Å². The summed E-state index contributed by atoms with van der Waals surface area (Å²) in [6.45, 7) is 0. The summed E-state index contributed by atoms with van der Waals surface area (Å²) in [5, 5.41) is 0. The molecule has 0 unspecified atom stereocenters. The fourth-order valence-corrected chi connectivity index (χ4v) is 1.17. The first-order valence-electron chi connectivity index (χ1n) is 2.97. The molecule has 0 heterocycles. The van der Waals surface area contributed by atoms with Gasteiger partial charge in [-0.05, 0) is 11.6 Å². The van der Waals surface area contributed by atoms with Crippen LogP contribution >= 0.6 is 8.46 Å². The lowest BCUT2D eigenvalue weighted by molar-refractivity contribution is 0.598. The van der Waals surface area contributed by atoms with Crippen LogP contribution in [0.4, 0.5) is 5.69 Å². The average Bonchev–Trinajstić information content (AvgIpc) is 1.94. The van der Waals surface area contributed by atoms with Crippen molar-refractivity contribution in [1.82, 2.24) is 0 Å². The highest BCUT2D eigenvalue weighted by Gasteiger charge is 1.94. The van der Waals surface area contributed by atoms with Gasteiger partial charge in [0.2, 0.25) is 0 Å². The molecule has 0 aromatic heterocycles. The van der Waals surface area contributed by atoms with Crippen LogP contribution in [0.1, 0.15) is 5.56 Å². The number of rotatable bonds is 2. The van der Waals surface area contributed by atoms with Crippen LogP contribution in [-0.4, -0.2) is 0 Å². The molecule has 0 amide bonds. The van der Waals surface area contributed by atoms with Gasteiger partial charge < -0.3 is 5.73 Å². The first-order chi connectivity index (χ1) is 4.84. The van der Waals surface area contributed by atoms with Crippen molar-refractivity contribution in [1.29, 1.82) is 0 Å². The van der Waals surface area contributed by atoms with E-state index in [2.05, 4.69) is 0 Å². The normalized spacial score (nSPS) is 10.0. The van der Waals surface area contributed by atoms with Crippen LogP contribution in [0.5, 0.6) is 0 Å². The standard InChI is InChI=1S/C7H8NOP/c8-7-4-2-1-3-6(7)5-10-9/h1-4H,5,8H2. The molecule has 0 fully saturated rings. The molecular weight excluding hydrogens is 145 g/mol. The Labute approximate surface area is 61.3 Å². The third-order valence-corrected chi connectivity index (χ3v) is 1.76. The van der Waals surface area contributed by atoms with Gasteiger partial charge in [0.1, 0.15) is 0 Å². The summed E-state index contributed by atoms with van der Waals surface area (Å²) in [6, 6.07) is 7.43. The fourth-order valence-electron chi connectivity index (χ4n) is 0.748. The second kappa shape index (κ2) is 3.33. The summed E-state index contributed by atoms with van der Waals surface area (Å²) in [7, 11) is 0.120. The molecule has 1 rings (SSSR count). The van der Waals surface area contributed by atoms with E-state index in [4.69, 9.17) is 5.73 Å². The Balaban J connectivity index is 2.91. The van der Waals surface area contributed by atoms with E-state index in [1.165, 1.54) is 0 Å². The number of nitrogen functional groups attached to an aromatic ring is 1. The second-order valence-corrected chi connectivity index (χ2v) is 2.56. The second-order valence-electron chi connectivity index (χ2n) is 1.99. The number of benzene rings is 1. The van der Waals surface area contributed by atoms with Crippen LogP contribution in [0.2, 0.25) is 0 Å². The molecular formula is C7H8NOP. The van der Waals surface area contributed by atoms with Gasteiger partial charge >= 0.3 is 0 Å². The first kappa shape index (κ1) is 7.23. The van der Waals surface area contributed by atoms with Crippen molar-refractivity contribution in [2.24, 2.45) is 0 Å². The van der Waals surface area contributed by atoms with Crippen molar-refractivity contribution in [3.63, 3.8) is 0 Å². The molecule has 0 spiro atoms. The minimum Gasteiger partial charge on any atom is -0.398 e. The van der Waals surface area contributed by atoms with Crippen molar-refractivity contribution in [3.8, 4) is 0 Å². The molecule has 10 heavy (non-hydrogen) atoms. The van der Waals surface area contributed by atoms with Crippen molar-refractivity contribution in [2.45, 2.75) is 6.16 Å². The van der Waals surface area contributed by atoms with Gasteiger partial charge in [-0.25, -0.2) is 0 Å². The van der Waals surface area contributed by atoms with Crippen LogP contribution in [0, 0.1) is 0 Å². The van der Waals surface area contributed by atoms with E-state index < -0.39 is 0 Å². The molecule has 0 aliphatic rings. The first-order valence-corrected chi connectivity index (χ1v) is 3.97. The fraction of sp³-hybridized carbons (Fsp3) is 0.143. The summed E-state index contributed by atoms with van der Waals surface area (Å²) in [5.41, 5.74) is 7.22. The number of nitrogens with two attached hydrogens (primary N) is 1. The molecule has 52 valence electrons. The monoisotopic (exact) mass is 153 g/mol. The summed E-state index contributed by atoms with van der Waals surface area (Å²) in [4.78, 5) is 0. The molecule has 0 radical (unpaired) electrons. The molecule has 0 aliphatic heterocycles. The summed E-state index contributed by atoms with van der Waals surface area (Å²) >= 11 is 0. The number of para-hydroxylation sites is 1. The number of hydrogen-bond acceptors (Lipinski definition) is 2. The van der Waals surface area contributed by atoms with E-state index in [-0.39, 0.29) is 8.46 Å². The van der Waals surface area contributed by atoms with Crippen LogP contribution in [0.15, 0.2) is 24.3 Å². The molecule has 0 saturated heterocycles. The maximum Gasteiger partial charge on any atom is 0.160 e. The minimum atomic E-state index is 0.120. The largest absolute Gasteiger partial charge is 0.398 e. The lowest BCUT2D eigenvalue weighted by Gasteiger charge is -1.97. The SMILES string of the molecule is Nc1ccccc1CP=O. The Kier molecular flexibility index (Phi) is 2.41. The van der Waals surface area contributed by atoms with Gasteiger partial charge in [0.05, 0.1) is 6.16 Å². The number of hydrogen-bond donors (Lipinski definition) is 1. The quantitative estimate of drug-likeness (QED) is 0.522. The molecule has 0 aliphatic carbocycles. The van der Waals surface area contributed by atoms with Gasteiger partial charge in [-0.3, -0.25) is 4.57 Å². The molecule has 0 bridgehead atoms.